The van der Waals surface area contributed by atoms with Crippen LogP contribution in [-0.4, -0.2) is 24.5 Å². The molecule has 1 aromatic carbocycles. The van der Waals surface area contributed by atoms with Crippen molar-refractivity contribution in [3.63, 3.8) is 0 Å². The lowest BCUT2D eigenvalue weighted by atomic mass is 9.98. The maximum Gasteiger partial charge on any atom is 0.408 e. The molecule has 1 radical (unpaired) electrons. The van der Waals surface area contributed by atoms with E-state index >= 15 is 0 Å². The molecule has 2 atom stereocenters. The van der Waals surface area contributed by atoms with Crippen molar-refractivity contribution < 1.29 is 14.3 Å². The van der Waals surface area contributed by atoms with Gasteiger partial charge in [0.15, 0.2) is 0 Å². The molecule has 0 aliphatic carbocycles. The molecule has 0 spiro atoms. The standard InChI is InChI=1S/C14H19N2O3/c1-10(2)13(15)12(8-17)16-14(18)19-9-11-6-4-3-5-7-11/h3-7,10,12-13H,9,15H2,1-2H3,(H,16,18)/t12-,13-/m1/s1. The minimum absolute atomic E-state index is 0.0564. The molecule has 0 unspecified atom stereocenters. The van der Waals surface area contributed by atoms with Crippen LogP contribution in [0.15, 0.2) is 30.3 Å². The predicted molar refractivity (Wildman–Crippen MR) is 72.1 cm³/mol. The lowest BCUT2D eigenvalue weighted by molar-refractivity contribution is 0.136. The van der Waals surface area contributed by atoms with E-state index in [0.717, 1.165) is 5.56 Å². The zero-order valence-corrected chi connectivity index (χ0v) is 11.1. The summed E-state index contributed by atoms with van der Waals surface area (Å²) in [6.45, 7) is 3.88. The highest BCUT2D eigenvalue weighted by molar-refractivity contribution is 5.73. The third-order valence-electron chi connectivity index (χ3n) is 2.77. The van der Waals surface area contributed by atoms with E-state index in [9.17, 15) is 9.59 Å². The summed E-state index contributed by atoms with van der Waals surface area (Å²) in [6, 6.07) is 7.93. The van der Waals surface area contributed by atoms with E-state index < -0.39 is 18.2 Å². The first-order valence-corrected chi connectivity index (χ1v) is 6.15. The SMILES string of the molecule is CC(C)[C@@H](N)[C@@H]([C]=O)NC(=O)OCc1ccccc1. The van der Waals surface area contributed by atoms with E-state index in [2.05, 4.69) is 5.32 Å². The van der Waals surface area contributed by atoms with Crippen LogP contribution in [-0.2, 0) is 16.1 Å². The number of nitrogens with two attached hydrogens (primary N) is 1. The molecule has 0 saturated carbocycles. The Labute approximate surface area is 113 Å². The summed E-state index contributed by atoms with van der Waals surface area (Å²) in [5, 5.41) is 2.41. The predicted octanol–water partition coefficient (Wildman–Crippen LogP) is 1.37. The number of benzene rings is 1. The number of hydrogen-bond acceptors (Lipinski definition) is 4. The van der Waals surface area contributed by atoms with Gasteiger partial charge in [0.1, 0.15) is 12.6 Å². The smallest absolute Gasteiger partial charge is 0.408 e. The Balaban J connectivity index is 2.43. The molecule has 0 fully saturated rings. The maximum atomic E-state index is 11.5. The molecule has 1 amide bonds. The Morgan fingerprint density at radius 1 is 1.37 bits per heavy atom. The second kappa shape index (κ2) is 7.53. The average molecular weight is 263 g/mol. The number of alkyl carbamates (subject to hydrolysis) is 1. The molecule has 0 aromatic heterocycles. The van der Waals surface area contributed by atoms with Gasteiger partial charge in [-0.25, -0.2) is 4.79 Å². The third-order valence-corrected chi connectivity index (χ3v) is 2.77. The van der Waals surface area contributed by atoms with Crippen molar-refractivity contribution in [2.45, 2.75) is 32.5 Å². The quantitative estimate of drug-likeness (QED) is 0.812. The van der Waals surface area contributed by atoms with Crippen molar-refractivity contribution in [1.29, 1.82) is 0 Å². The van der Waals surface area contributed by atoms with Gasteiger partial charge in [0, 0.05) is 6.04 Å². The number of carbonyl (C=O) groups excluding carboxylic acids is 2. The number of carbonyl (C=O) groups is 1. The van der Waals surface area contributed by atoms with E-state index in [1.54, 1.807) is 6.29 Å². The molecule has 19 heavy (non-hydrogen) atoms. The highest BCUT2D eigenvalue weighted by Gasteiger charge is 2.23. The molecule has 0 bridgehead atoms. The van der Waals surface area contributed by atoms with Gasteiger partial charge in [0.25, 0.3) is 0 Å². The summed E-state index contributed by atoms with van der Waals surface area (Å²) >= 11 is 0. The van der Waals surface area contributed by atoms with E-state index in [1.165, 1.54) is 0 Å². The van der Waals surface area contributed by atoms with E-state index in [4.69, 9.17) is 10.5 Å². The number of ether oxygens (including phenoxy) is 1. The van der Waals surface area contributed by atoms with Crippen LogP contribution in [0.3, 0.4) is 0 Å². The number of nitrogens with one attached hydrogen (secondary N) is 1. The fourth-order valence-corrected chi connectivity index (χ4v) is 1.48. The lowest BCUT2D eigenvalue weighted by Gasteiger charge is -2.22. The molecule has 1 rings (SSSR count). The summed E-state index contributed by atoms with van der Waals surface area (Å²) in [7, 11) is 0. The van der Waals surface area contributed by atoms with Crippen LogP contribution in [0.2, 0.25) is 0 Å². The molecular weight excluding hydrogens is 244 g/mol. The van der Waals surface area contributed by atoms with Gasteiger partial charge in [-0.15, -0.1) is 0 Å². The van der Waals surface area contributed by atoms with Crippen molar-refractivity contribution >= 4 is 12.4 Å². The summed E-state index contributed by atoms with van der Waals surface area (Å²) in [5.41, 5.74) is 6.67. The van der Waals surface area contributed by atoms with Crippen LogP contribution in [0.1, 0.15) is 19.4 Å². The van der Waals surface area contributed by atoms with Gasteiger partial charge >= 0.3 is 6.09 Å². The zero-order valence-electron chi connectivity index (χ0n) is 11.1. The Hall–Kier alpha value is -1.88. The first-order valence-electron chi connectivity index (χ1n) is 6.15. The van der Waals surface area contributed by atoms with Gasteiger partial charge < -0.3 is 15.8 Å². The third kappa shape index (κ3) is 5.09. The molecule has 0 heterocycles. The topological polar surface area (TPSA) is 81.4 Å². The van der Waals surface area contributed by atoms with Crippen LogP contribution >= 0.6 is 0 Å². The Morgan fingerprint density at radius 3 is 2.53 bits per heavy atom. The molecule has 5 heteroatoms. The zero-order chi connectivity index (χ0) is 14.3. The minimum Gasteiger partial charge on any atom is -0.445 e. The summed E-state index contributed by atoms with van der Waals surface area (Å²) < 4.78 is 5.01. The van der Waals surface area contributed by atoms with E-state index in [0.29, 0.717) is 0 Å². The van der Waals surface area contributed by atoms with Crippen molar-refractivity contribution in [3.05, 3.63) is 35.9 Å². The normalized spacial score (nSPS) is 13.7. The van der Waals surface area contributed by atoms with Crippen LogP contribution in [0.25, 0.3) is 0 Å². The van der Waals surface area contributed by atoms with Crippen LogP contribution < -0.4 is 11.1 Å². The highest BCUT2D eigenvalue weighted by atomic mass is 16.5. The average Bonchev–Trinajstić information content (AvgIpc) is 2.42. The molecule has 103 valence electrons. The van der Waals surface area contributed by atoms with Gasteiger partial charge in [0.05, 0.1) is 0 Å². The van der Waals surface area contributed by atoms with Gasteiger partial charge in [0.2, 0.25) is 6.29 Å². The fourth-order valence-electron chi connectivity index (χ4n) is 1.48. The summed E-state index contributed by atoms with van der Waals surface area (Å²) in [4.78, 5) is 22.3. The maximum absolute atomic E-state index is 11.5. The number of rotatable bonds is 6. The Morgan fingerprint density at radius 2 is 2.00 bits per heavy atom. The highest BCUT2D eigenvalue weighted by Crippen LogP contribution is 2.04. The number of hydrogen-bond donors (Lipinski definition) is 2. The molecule has 5 nitrogen and oxygen atoms in total. The first kappa shape index (κ1) is 15.2. The van der Waals surface area contributed by atoms with Gasteiger partial charge in [-0.05, 0) is 11.5 Å². The second-order valence-electron chi connectivity index (χ2n) is 4.62. The first-order chi connectivity index (χ1) is 9.04. The second-order valence-corrected chi connectivity index (χ2v) is 4.62. The van der Waals surface area contributed by atoms with E-state index in [1.807, 2.05) is 44.2 Å². The lowest BCUT2D eigenvalue weighted by Crippen LogP contribution is -2.51. The molecule has 1 aromatic rings. The van der Waals surface area contributed by atoms with Crippen LogP contribution in [0.5, 0.6) is 0 Å². The minimum atomic E-state index is -0.858. The van der Waals surface area contributed by atoms with Gasteiger partial charge in [-0.3, -0.25) is 4.79 Å². The summed E-state index contributed by atoms with van der Waals surface area (Å²) in [6.07, 6.45) is 1.05. The monoisotopic (exact) mass is 263 g/mol. The van der Waals surface area contributed by atoms with Crippen LogP contribution in [0.4, 0.5) is 4.79 Å². The van der Waals surface area contributed by atoms with Gasteiger partial charge in [-0.2, -0.15) is 0 Å². The fraction of sp³-hybridized carbons (Fsp3) is 0.429. The Kier molecular flexibility index (Phi) is 6.02. The molecule has 0 saturated heterocycles. The van der Waals surface area contributed by atoms with Crippen LogP contribution in [0, 0.1) is 5.92 Å². The van der Waals surface area contributed by atoms with E-state index in [-0.39, 0.29) is 12.5 Å². The largest absolute Gasteiger partial charge is 0.445 e. The van der Waals surface area contributed by atoms with Crippen molar-refractivity contribution in [1.82, 2.24) is 5.32 Å². The number of amides is 1. The molecule has 0 aliphatic heterocycles. The Bertz CT molecular complexity index is 406. The molecule has 3 N–H and O–H groups in total. The van der Waals surface area contributed by atoms with Gasteiger partial charge in [-0.1, -0.05) is 44.2 Å². The summed E-state index contributed by atoms with van der Waals surface area (Å²) in [5.74, 6) is 0.0564. The van der Waals surface area contributed by atoms with Crippen molar-refractivity contribution in [3.8, 4) is 0 Å². The van der Waals surface area contributed by atoms with Crippen molar-refractivity contribution in [2.75, 3.05) is 0 Å². The van der Waals surface area contributed by atoms with Crippen molar-refractivity contribution in [2.24, 2.45) is 11.7 Å². The molecule has 0 aliphatic rings. The molecular formula is C14H19N2O3.